The largest absolute Gasteiger partial charge is 0.381 e. The van der Waals surface area contributed by atoms with Crippen LogP contribution in [-0.4, -0.2) is 28.9 Å². The van der Waals surface area contributed by atoms with Gasteiger partial charge < -0.3 is 10.6 Å². The minimum Gasteiger partial charge on any atom is -0.381 e. The van der Waals surface area contributed by atoms with Crippen molar-refractivity contribution in [1.29, 1.82) is 0 Å². The lowest BCUT2D eigenvalue weighted by atomic mass is 9.90. The zero-order valence-corrected chi connectivity index (χ0v) is 10.2. The van der Waals surface area contributed by atoms with Gasteiger partial charge in [-0.2, -0.15) is 5.10 Å². The molecule has 2 N–H and O–H groups in total. The molecule has 0 aliphatic carbocycles. The summed E-state index contributed by atoms with van der Waals surface area (Å²) in [5.41, 5.74) is 1.11. The monoisotopic (exact) mass is 222 g/mol. The van der Waals surface area contributed by atoms with Crippen molar-refractivity contribution < 1.29 is 0 Å². The summed E-state index contributed by atoms with van der Waals surface area (Å²) in [5, 5.41) is 11.1. The Kier molecular flexibility index (Phi) is 3.83. The molecule has 2 rings (SSSR count). The Bertz CT molecular complexity index is 321. The van der Waals surface area contributed by atoms with Crippen molar-refractivity contribution in [1.82, 2.24) is 15.1 Å². The minimum atomic E-state index is 0.610. The number of aromatic nitrogens is 2. The number of hydrogen-bond donors (Lipinski definition) is 2. The smallest absolute Gasteiger partial charge is 0.0726 e. The summed E-state index contributed by atoms with van der Waals surface area (Å²) in [7, 11) is 1.94. The van der Waals surface area contributed by atoms with Gasteiger partial charge in [0.2, 0.25) is 0 Å². The number of anilines is 1. The van der Waals surface area contributed by atoms with E-state index in [0.29, 0.717) is 6.04 Å². The van der Waals surface area contributed by atoms with Crippen molar-refractivity contribution >= 4 is 5.69 Å². The quantitative estimate of drug-likeness (QED) is 0.813. The number of aryl methyl sites for hydroxylation is 1. The van der Waals surface area contributed by atoms with Gasteiger partial charge in [-0.05, 0) is 25.3 Å². The first-order chi connectivity index (χ1) is 7.78. The van der Waals surface area contributed by atoms with E-state index < -0.39 is 0 Å². The highest BCUT2D eigenvalue weighted by atomic mass is 15.3. The molecule has 0 saturated carbocycles. The van der Waals surface area contributed by atoms with Gasteiger partial charge in [0.25, 0.3) is 0 Å². The summed E-state index contributed by atoms with van der Waals surface area (Å²) < 4.78 is 1.82. The number of rotatable bonds is 4. The van der Waals surface area contributed by atoms with Crippen LogP contribution in [0.1, 0.15) is 26.2 Å². The van der Waals surface area contributed by atoms with Crippen molar-refractivity contribution in [2.24, 2.45) is 13.0 Å². The lowest BCUT2D eigenvalue weighted by Crippen LogP contribution is -2.42. The summed E-state index contributed by atoms with van der Waals surface area (Å²) in [4.78, 5) is 0. The van der Waals surface area contributed by atoms with Crippen LogP contribution in [0.2, 0.25) is 0 Å². The molecule has 0 amide bonds. The molecule has 4 heteroatoms. The van der Waals surface area contributed by atoms with Crippen LogP contribution in [0.3, 0.4) is 0 Å². The van der Waals surface area contributed by atoms with E-state index in [-0.39, 0.29) is 0 Å². The number of hydrogen-bond acceptors (Lipinski definition) is 3. The molecule has 16 heavy (non-hydrogen) atoms. The second-order valence-electron chi connectivity index (χ2n) is 4.73. The van der Waals surface area contributed by atoms with E-state index in [4.69, 9.17) is 0 Å². The first-order valence-electron chi connectivity index (χ1n) is 6.24. The van der Waals surface area contributed by atoms with Crippen LogP contribution in [0.4, 0.5) is 5.69 Å². The maximum Gasteiger partial charge on any atom is 0.0726 e. The van der Waals surface area contributed by atoms with Gasteiger partial charge in [-0.1, -0.05) is 13.3 Å². The highest BCUT2D eigenvalue weighted by molar-refractivity contribution is 5.38. The molecule has 1 saturated heterocycles. The fraction of sp³-hybridized carbons (Fsp3) is 0.750. The molecule has 4 nitrogen and oxygen atoms in total. The number of piperidine rings is 1. The molecule has 1 fully saturated rings. The van der Waals surface area contributed by atoms with Gasteiger partial charge >= 0.3 is 0 Å². The van der Waals surface area contributed by atoms with E-state index in [1.807, 2.05) is 24.1 Å². The average molecular weight is 222 g/mol. The van der Waals surface area contributed by atoms with Gasteiger partial charge in [0.1, 0.15) is 0 Å². The molecule has 1 aliphatic rings. The van der Waals surface area contributed by atoms with E-state index in [1.165, 1.54) is 19.3 Å². The molecule has 2 heterocycles. The van der Waals surface area contributed by atoms with Crippen LogP contribution in [0.15, 0.2) is 12.4 Å². The summed E-state index contributed by atoms with van der Waals surface area (Å²) in [6, 6.07) is 0.610. The van der Waals surface area contributed by atoms with Crippen LogP contribution >= 0.6 is 0 Å². The van der Waals surface area contributed by atoms with E-state index in [1.54, 1.807) is 0 Å². The molecule has 1 aromatic heterocycles. The minimum absolute atomic E-state index is 0.610. The normalized spacial score (nSPS) is 25.6. The van der Waals surface area contributed by atoms with Crippen LogP contribution in [0.25, 0.3) is 0 Å². The van der Waals surface area contributed by atoms with Crippen molar-refractivity contribution in [3.63, 3.8) is 0 Å². The summed E-state index contributed by atoms with van der Waals surface area (Å²) >= 11 is 0. The molecule has 1 aromatic rings. The van der Waals surface area contributed by atoms with Crippen molar-refractivity contribution in [3.05, 3.63) is 12.4 Å². The van der Waals surface area contributed by atoms with Gasteiger partial charge in [0.05, 0.1) is 11.9 Å². The lowest BCUT2D eigenvalue weighted by molar-refractivity contribution is 0.303. The second-order valence-corrected chi connectivity index (χ2v) is 4.73. The fourth-order valence-corrected chi connectivity index (χ4v) is 2.37. The highest BCUT2D eigenvalue weighted by Gasteiger charge is 2.19. The molecule has 0 bridgehead atoms. The third-order valence-electron chi connectivity index (χ3n) is 3.44. The Morgan fingerprint density at radius 2 is 2.50 bits per heavy atom. The topological polar surface area (TPSA) is 41.9 Å². The van der Waals surface area contributed by atoms with Crippen LogP contribution in [0, 0.1) is 5.92 Å². The van der Waals surface area contributed by atoms with Gasteiger partial charge in [-0.15, -0.1) is 0 Å². The van der Waals surface area contributed by atoms with Crippen molar-refractivity contribution in [2.45, 2.75) is 32.2 Å². The first kappa shape index (κ1) is 11.5. The van der Waals surface area contributed by atoms with Crippen LogP contribution in [-0.2, 0) is 7.05 Å². The van der Waals surface area contributed by atoms with Gasteiger partial charge in [-0.25, -0.2) is 0 Å². The average Bonchev–Trinajstić information content (AvgIpc) is 2.73. The molecule has 0 spiro atoms. The second kappa shape index (κ2) is 5.34. The van der Waals surface area contributed by atoms with Gasteiger partial charge in [0, 0.05) is 25.8 Å². The predicted octanol–water partition coefficient (Wildman–Crippen LogP) is 1.61. The summed E-state index contributed by atoms with van der Waals surface area (Å²) in [5.74, 6) is 0.905. The Balaban J connectivity index is 1.77. The first-order valence-corrected chi connectivity index (χ1v) is 6.24. The third kappa shape index (κ3) is 2.98. The van der Waals surface area contributed by atoms with Crippen LogP contribution in [0.5, 0.6) is 0 Å². The van der Waals surface area contributed by atoms with Crippen molar-refractivity contribution in [2.75, 3.05) is 18.4 Å². The Morgan fingerprint density at radius 3 is 3.19 bits per heavy atom. The highest BCUT2D eigenvalue weighted by Crippen LogP contribution is 2.19. The molecule has 0 aromatic carbocycles. The molecule has 90 valence electrons. The van der Waals surface area contributed by atoms with E-state index >= 15 is 0 Å². The molecule has 1 aliphatic heterocycles. The van der Waals surface area contributed by atoms with E-state index in [0.717, 1.165) is 24.7 Å². The molecular formula is C12H22N4. The van der Waals surface area contributed by atoms with Crippen LogP contribution < -0.4 is 10.6 Å². The lowest BCUT2D eigenvalue weighted by Gasteiger charge is -2.29. The van der Waals surface area contributed by atoms with E-state index in [9.17, 15) is 0 Å². The Labute approximate surface area is 97.4 Å². The Hall–Kier alpha value is -1.03. The third-order valence-corrected chi connectivity index (χ3v) is 3.44. The number of nitrogens with one attached hydrogen (secondary N) is 2. The zero-order chi connectivity index (χ0) is 11.4. The molecule has 2 unspecified atom stereocenters. The fourth-order valence-electron chi connectivity index (χ4n) is 2.37. The van der Waals surface area contributed by atoms with E-state index in [2.05, 4.69) is 22.7 Å². The maximum atomic E-state index is 4.15. The van der Waals surface area contributed by atoms with Crippen molar-refractivity contribution in [3.8, 4) is 0 Å². The Morgan fingerprint density at radius 1 is 1.62 bits per heavy atom. The SMILES string of the molecule is CCC1CCNC(CNc2cnn(C)c2)C1. The maximum absolute atomic E-state index is 4.15. The summed E-state index contributed by atoms with van der Waals surface area (Å²) in [6.45, 7) is 4.46. The standard InChI is InChI=1S/C12H22N4/c1-3-10-4-5-13-11(6-10)7-14-12-8-15-16(2)9-12/h8-11,13-14H,3-7H2,1-2H3. The zero-order valence-electron chi connectivity index (χ0n) is 10.2. The predicted molar refractivity (Wildman–Crippen MR) is 66.5 cm³/mol. The number of nitrogens with zero attached hydrogens (tertiary/aromatic N) is 2. The van der Waals surface area contributed by atoms with Gasteiger partial charge in [0.15, 0.2) is 0 Å². The molecule has 0 radical (unpaired) electrons. The van der Waals surface area contributed by atoms with Gasteiger partial charge in [-0.3, -0.25) is 4.68 Å². The summed E-state index contributed by atoms with van der Waals surface area (Å²) in [6.07, 6.45) is 7.83. The molecule has 2 atom stereocenters. The molecular weight excluding hydrogens is 200 g/mol.